The number of rotatable bonds is 10. The molecule has 6 rings (SSSR count). The summed E-state index contributed by atoms with van der Waals surface area (Å²) in [6, 6.07) is 53.5. The van der Waals surface area contributed by atoms with Crippen molar-refractivity contribution in [1.29, 1.82) is 0 Å². The van der Waals surface area contributed by atoms with Crippen LogP contribution >= 0.6 is 0 Å². The van der Waals surface area contributed by atoms with Gasteiger partial charge in [0.2, 0.25) is 0 Å². The van der Waals surface area contributed by atoms with Gasteiger partial charge in [-0.15, -0.1) is 0 Å². The molecular weight excluding hydrogens is 502 g/mol. The fraction of sp³-hybridized carbons (Fsp3) is 0. The molecule has 0 aromatic heterocycles. The molecule has 5 nitrogen and oxygen atoms in total. The Morgan fingerprint density at radius 1 is 0.171 bits per heavy atom. The first kappa shape index (κ1) is 25.6. The highest BCUT2D eigenvalue weighted by atomic mass is 14.9. The highest BCUT2D eigenvalue weighted by Gasteiger charge is 2.01. The Labute approximate surface area is 240 Å². The second-order valence-corrected chi connectivity index (χ2v) is 9.67. The lowest BCUT2D eigenvalue weighted by molar-refractivity contribution is 1.49. The Morgan fingerprint density at radius 2 is 0.317 bits per heavy atom. The fourth-order valence-electron chi connectivity index (χ4n) is 4.42. The standard InChI is InChI=1S/C36H31N5/c1-3-7-27(8-4-1)37-29-11-15-31(16-12-29)39-33-19-23-35(24-20-33)41-36-25-21-34(22-26-36)40-32-17-13-30(14-18-32)38-28-9-5-2-6-10-28/h1-26,37-41H. The SMILES string of the molecule is c1ccc(Nc2ccc(Nc3ccc(Nc4ccc(Nc5ccc(Nc6ccccc6)cc5)cc4)cc3)cc2)cc1. The predicted molar refractivity (Wildman–Crippen MR) is 175 cm³/mol. The average molecular weight is 534 g/mol. The molecule has 6 aromatic rings. The van der Waals surface area contributed by atoms with Crippen LogP contribution in [0.25, 0.3) is 0 Å². The number of benzene rings is 6. The first-order chi connectivity index (χ1) is 20.2. The van der Waals surface area contributed by atoms with Crippen LogP contribution in [0.4, 0.5) is 56.9 Å². The van der Waals surface area contributed by atoms with Crippen LogP contribution in [0.1, 0.15) is 0 Å². The lowest BCUT2D eigenvalue weighted by atomic mass is 10.2. The quantitative estimate of drug-likeness (QED) is 0.121. The lowest BCUT2D eigenvalue weighted by Gasteiger charge is -2.12. The summed E-state index contributed by atoms with van der Waals surface area (Å²) in [4.78, 5) is 0. The molecule has 0 heterocycles. The van der Waals surface area contributed by atoms with Crippen LogP contribution in [0.3, 0.4) is 0 Å². The molecular formula is C36H31N5. The minimum atomic E-state index is 1.03. The summed E-state index contributed by atoms with van der Waals surface area (Å²) in [5, 5.41) is 17.2. The fourth-order valence-corrected chi connectivity index (χ4v) is 4.42. The first-order valence-electron chi connectivity index (χ1n) is 13.6. The van der Waals surface area contributed by atoms with Gasteiger partial charge in [0.1, 0.15) is 0 Å². The van der Waals surface area contributed by atoms with E-state index in [1.54, 1.807) is 0 Å². The van der Waals surface area contributed by atoms with E-state index in [0.29, 0.717) is 0 Å². The molecule has 0 radical (unpaired) electrons. The molecule has 0 saturated carbocycles. The van der Waals surface area contributed by atoms with E-state index in [0.717, 1.165) is 56.9 Å². The van der Waals surface area contributed by atoms with E-state index in [-0.39, 0.29) is 0 Å². The van der Waals surface area contributed by atoms with E-state index in [9.17, 15) is 0 Å². The Hall–Kier alpha value is -5.68. The van der Waals surface area contributed by atoms with Gasteiger partial charge in [0.15, 0.2) is 0 Å². The van der Waals surface area contributed by atoms with E-state index < -0.39 is 0 Å². The van der Waals surface area contributed by atoms with Crippen LogP contribution in [0.2, 0.25) is 0 Å². The molecule has 0 bridgehead atoms. The summed E-state index contributed by atoms with van der Waals surface area (Å²) in [7, 11) is 0. The molecule has 0 spiro atoms. The van der Waals surface area contributed by atoms with Crippen molar-refractivity contribution in [2.75, 3.05) is 26.6 Å². The molecule has 5 N–H and O–H groups in total. The normalized spacial score (nSPS) is 10.4. The van der Waals surface area contributed by atoms with Gasteiger partial charge in [-0.05, 0) is 121 Å². The van der Waals surface area contributed by atoms with Gasteiger partial charge in [-0.2, -0.15) is 0 Å². The smallest absolute Gasteiger partial charge is 0.0385 e. The van der Waals surface area contributed by atoms with E-state index in [1.807, 2.05) is 36.4 Å². The first-order valence-corrected chi connectivity index (χ1v) is 13.6. The minimum absolute atomic E-state index is 1.03. The third-order valence-corrected chi connectivity index (χ3v) is 6.53. The summed E-state index contributed by atoms with van der Waals surface area (Å²) < 4.78 is 0. The van der Waals surface area contributed by atoms with Gasteiger partial charge in [-0.1, -0.05) is 36.4 Å². The number of hydrogen-bond acceptors (Lipinski definition) is 5. The Bertz CT molecular complexity index is 1520. The third kappa shape index (κ3) is 7.25. The molecule has 0 aliphatic carbocycles. The molecule has 41 heavy (non-hydrogen) atoms. The van der Waals surface area contributed by atoms with Gasteiger partial charge in [0.05, 0.1) is 0 Å². The second-order valence-electron chi connectivity index (χ2n) is 9.67. The minimum Gasteiger partial charge on any atom is -0.356 e. The molecule has 0 fully saturated rings. The highest BCUT2D eigenvalue weighted by molar-refractivity contribution is 5.70. The third-order valence-electron chi connectivity index (χ3n) is 6.53. The molecule has 0 amide bonds. The van der Waals surface area contributed by atoms with Crippen molar-refractivity contribution in [3.63, 3.8) is 0 Å². The highest BCUT2D eigenvalue weighted by Crippen LogP contribution is 2.26. The maximum Gasteiger partial charge on any atom is 0.0385 e. The summed E-state index contributed by atoms with van der Waals surface area (Å²) in [6.45, 7) is 0. The van der Waals surface area contributed by atoms with Crippen molar-refractivity contribution in [3.05, 3.63) is 158 Å². The Morgan fingerprint density at radius 3 is 0.488 bits per heavy atom. The van der Waals surface area contributed by atoms with E-state index in [2.05, 4.69) is 148 Å². The van der Waals surface area contributed by atoms with E-state index in [1.165, 1.54) is 0 Å². The number of nitrogens with one attached hydrogen (secondary N) is 5. The van der Waals surface area contributed by atoms with Gasteiger partial charge in [-0.3, -0.25) is 0 Å². The average Bonchev–Trinajstić information content (AvgIpc) is 3.02. The van der Waals surface area contributed by atoms with Gasteiger partial charge < -0.3 is 26.6 Å². The van der Waals surface area contributed by atoms with E-state index in [4.69, 9.17) is 0 Å². The molecule has 0 aliphatic heterocycles. The maximum absolute atomic E-state index is 3.48. The zero-order valence-electron chi connectivity index (χ0n) is 22.5. The lowest BCUT2D eigenvalue weighted by Crippen LogP contribution is -1.95. The van der Waals surface area contributed by atoms with Crippen LogP contribution in [0.15, 0.2) is 158 Å². The number of hydrogen-bond donors (Lipinski definition) is 5. The van der Waals surface area contributed by atoms with Crippen molar-refractivity contribution in [1.82, 2.24) is 0 Å². The zero-order chi connectivity index (χ0) is 27.7. The second kappa shape index (κ2) is 12.5. The molecule has 0 aliphatic rings. The predicted octanol–water partition coefficient (Wildman–Crippen LogP) is 10.4. The topological polar surface area (TPSA) is 60.1 Å². The van der Waals surface area contributed by atoms with Crippen LogP contribution in [0.5, 0.6) is 0 Å². The van der Waals surface area contributed by atoms with E-state index >= 15 is 0 Å². The number of anilines is 10. The summed E-state index contributed by atoms with van der Waals surface area (Å²) >= 11 is 0. The van der Waals surface area contributed by atoms with Gasteiger partial charge >= 0.3 is 0 Å². The molecule has 6 aromatic carbocycles. The van der Waals surface area contributed by atoms with Crippen molar-refractivity contribution in [2.45, 2.75) is 0 Å². The zero-order valence-corrected chi connectivity index (χ0v) is 22.5. The molecule has 200 valence electrons. The molecule has 0 unspecified atom stereocenters. The van der Waals surface area contributed by atoms with Gasteiger partial charge in [-0.25, -0.2) is 0 Å². The molecule has 0 atom stereocenters. The van der Waals surface area contributed by atoms with Crippen molar-refractivity contribution >= 4 is 56.9 Å². The van der Waals surface area contributed by atoms with Crippen molar-refractivity contribution in [3.8, 4) is 0 Å². The maximum atomic E-state index is 3.48. The number of para-hydroxylation sites is 2. The van der Waals surface area contributed by atoms with Crippen LogP contribution in [-0.4, -0.2) is 0 Å². The van der Waals surface area contributed by atoms with Crippen LogP contribution in [-0.2, 0) is 0 Å². The van der Waals surface area contributed by atoms with Crippen molar-refractivity contribution in [2.24, 2.45) is 0 Å². The summed E-state index contributed by atoms with van der Waals surface area (Å²) in [5.74, 6) is 0. The Kier molecular flexibility index (Phi) is 7.77. The molecule has 5 heteroatoms. The largest absolute Gasteiger partial charge is 0.356 e. The Balaban J connectivity index is 0.995. The van der Waals surface area contributed by atoms with Gasteiger partial charge in [0.25, 0.3) is 0 Å². The van der Waals surface area contributed by atoms with Gasteiger partial charge in [0, 0.05) is 56.9 Å². The monoisotopic (exact) mass is 533 g/mol. The molecule has 0 saturated heterocycles. The van der Waals surface area contributed by atoms with Crippen LogP contribution in [0, 0.1) is 0 Å². The summed E-state index contributed by atoms with van der Waals surface area (Å²) in [6.07, 6.45) is 0. The summed E-state index contributed by atoms with van der Waals surface area (Å²) in [5.41, 5.74) is 10.4. The van der Waals surface area contributed by atoms with Crippen LogP contribution < -0.4 is 26.6 Å². The van der Waals surface area contributed by atoms with Crippen molar-refractivity contribution < 1.29 is 0 Å².